The molecule has 0 bridgehead atoms. The Morgan fingerprint density at radius 2 is 1.89 bits per heavy atom. The fourth-order valence-electron chi connectivity index (χ4n) is 3.63. The Hall–Kier alpha value is -4.26. The van der Waals surface area contributed by atoms with Crippen molar-refractivity contribution in [3.8, 4) is 0 Å². The number of ketones is 1. The molecule has 13 nitrogen and oxygen atoms in total. The molecule has 0 radical (unpaired) electrons. The first kappa shape index (κ1) is 28.3. The lowest BCUT2D eigenvalue weighted by molar-refractivity contribution is -0.142. The average Bonchev–Trinajstić information content (AvgIpc) is 2.87. The molecule has 1 aromatic rings. The molecule has 2 atom stereocenters. The summed E-state index contributed by atoms with van der Waals surface area (Å²) in [4.78, 5) is 64.2. The molecule has 1 aromatic carbocycles. The van der Waals surface area contributed by atoms with Gasteiger partial charge >= 0.3 is 5.97 Å². The standard InChI is InChI=1S/C25H31N7O6/c1-14(2)38-10-9-27-20(34)8-5-16(24(36)37)11-19(33)15-3-6-17(7-4-15)28-12-18-13-29-22-21(30-18)23(35)32-25(26)31-22/h3-4,6-7,13-14,16,21,28H,5,8-12H2,1-2H3,(H,27,34)(H,36,37)(H2,26,32,35)/t16-,21?/m1/s1. The van der Waals surface area contributed by atoms with Gasteiger partial charge in [0.1, 0.15) is 0 Å². The van der Waals surface area contributed by atoms with Crippen molar-refractivity contribution in [2.75, 3.05) is 25.0 Å². The van der Waals surface area contributed by atoms with Gasteiger partial charge in [-0.15, -0.1) is 0 Å². The zero-order valence-corrected chi connectivity index (χ0v) is 21.2. The van der Waals surface area contributed by atoms with Gasteiger partial charge in [0.05, 0.1) is 37.1 Å². The molecule has 0 aliphatic carbocycles. The fourth-order valence-corrected chi connectivity index (χ4v) is 3.63. The highest BCUT2D eigenvalue weighted by Gasteiger charge is 2.30. The van der Waals surface area contributed by atoms with Gasteiger partial charge in [0.15, 0.2) is 17.7 Å². The van der Waals surface area contributed by atoms with E-state index in [0.29, 0.717) is 30.1 Å². The molecule has 2 aliphatic heterocycles. The van der Waals surface area contributed by atoms with Crippen LogP contribution < -0.4 is 16.4 Å². The third-order valence-corrected chi connectivity index (χ3v) is 5.63. The van der Waals surface area contributed by atoms with E-state index in [9.17, 15) is 24.3 Å². The van der Waals surface area contributed by atoms with Crippen LogP contribution in [0.4, 0.5) is 5.69 Å². The number of ether oxygens (including phenoxy) is 1. The number of aliphatic imine (C=N–C) groups is 4. The van der Waals surface area contributed by atoms with Gasteiger partial charge in [-0.1, -0.05) is 0 Å². The van der Waals surface area contributed by atoms with Crippen LogP contribution in [0.15, 0.2) is 44.2 Å². The van der Waals surface area contributed by atoms with Crippen molar-refractivity contribution in [3.05, 3.63) is 29.8 Å². The van der Waals surface area contributed by atoms with Crippen molar-refractivity contribution < 1.29 is 29.0 Å². The molecule has 2 aliphatic rings. The van der Waals surface area contributed by atoms with Gasteiger partial charge in [-0.05, 0) is 44.5 Å². The molecule has 0 saturated heterocycles. The van der Waals surface area contributed by atoms with E-state index in [2.05, 4.69) is 30.6 Å². The summed E-state index contributed by atoms with van der Waals surface area (Å²) >= 11 is 0. The molecule has 5 N–H and O–H groups in total. The lowest BCUT2D eigenvalue weighted by Crippen LogP contribution is -2.38. The highest BCUT2D eigenvalue weighted by atomic mass is 16.5. The highest BCUT2D eigenvalue weighted by molar-refractivity contribution is 6.38. The molecule has 0 spiro atoms. The second kappa shape index (κ2) is 13.3. The number of nitrogens with one attached hydrogen (secondary N) is 2. The smallest absolute Gasteiger partial charge is 0.306 e. The van der Waals surface area contributed by atoms with Crippen LogP contribution in [0.2, 0.25) is 0 Å². The minimum Gasteiger partial charge on any atom is -0.481 e. The number of fused-ring (bicyclic) bond motifs is 1. The van der Waals surface area contributed by atoms with Crippen LogP contribution >= 0.6 is 0 Å². The number of carboxylic acids is 1. The number of nitrogens with zero attached hydrogens (tertiary/aromatic N) is 4. The van der Waals surface area contributed by atoms with Gasteiger partial charge in [-0.25, -0.2) is 4.99 Å². The van der Waals surface area contributed by atoms with Crippen molar-refractivity contribution in [1.82, 2.24) is 5.32 Å². The molecular weight excluding hydrogens is 494 g/mol. The second-order valence-corrected chi connectivity index (χ2v) is 8.96. The lowest BCUT2D eigenvalue weighted by Gasteiger charge is -2.18. The number of benzene rings is 1. The van der Waals surface area contributed by atoms with E-state index in [0.717, 1.165) is 0 Å². The monoisotopic (exact) mass is 525 g/mol. The molecular formula is C25H31N7O6. The predicted octanol–water partition coefficient (Wildman–Crippen LogP) is 0.841. The van der Waals surface area contributed by atoms with Gasteiger partial charge < -0.3 is 26.2 Å². The van der Waals surface area contributed by atoms with E-state index >= 15 is 0 Å². The summed E-state index contributed by atoms with van der Waals surface area (Å²) in [5, 5.41) is 15.3. The number of aliphatic carboxylic acids is 1. The molecule has 0 fully saturated rings. The number of amidine groups is 1. The average molecular weight is 526 g/mol. The molecule has 0 aromatic heterocycles. The summed E-state index contributed by atoms with van der Waals surface area (Å²) in [5.74, 6) is -3.19. The number of nitrogens with two attached hydrogens (primary N) is 1. The molecule has 0 saturated carbocycles. The molecule has 2 amide bonds. The molecule has 3 rings (SSSR count). The van der Waals surface area contributed by atoms with E-state index in [1.54, 1.807) is 24.3 Å². The van der Waals surface area contributed by atoms with Crippen LogP contribution in [0, 0.1) is 5.92 Å². The number of anilines is 1. The summed E-state index contributed by atoms with van der Waals surface area (Å²) in [6.45, 7) is 4.76. The van der Waals surface area contributed by atoms with Crippen molar-refractivity contribution in [2.24, 2.45) is 31.6 Å². The minimum absolute atomic E-state index is 0.00150. The van der Waals surface area contributed by atoms with E-state index in [1.807, 2.05) is 13.8 Å². The van der Waals surface area contributed by atoms with Gasteiger partial charge in [0.25, 0.3) is 5.91 Å². The molecule has 13 heteroatoms. The molecule has 38 heavy (non-hydrogen) atoms. The number of guanidine groups is 1. The molecule has 1 unspecified atom stereocenters. The summed E-state index contributed by atoms with van der Waals surface area (Å²) in [5.41, 5.74) is 7.02. The number of hydrogen-bond donors (Lipinski definition) is 4. The Labute approximate surface area is 219 Å². The van der Waals surface area contributed by atoms with Crippen molar-refractivity contribution >= 4 is 53.0 Å². The Morgan fingerprint density at radius 3 is 2.58 bits per heavy atom. The number of rotatable bonds is 14. The number of amides is 2. The minimum atomic E-state index is -1.12. The van der Waals surface area contributed by atoms with E-state index in [4.69, 9.17) is 10.5 Å². The van der Waals surface area contributed by atoms with E-state index in [1.165, 1.54) is 6.21 Å². The summed E-state index contributed by atoms with van der Waals surface area (Å²) in [6, 6.07) is 5.64. The van der Waals surface area contributed by atoms with Gasteiger partial charge in [-0.3, -0.25) is 24.2 Å². The SMILES string of the molecule is CC(C)OCCNC(=O)CC[C@H](CC(=O)c1ccc(NCC2=NC3C(=O)N=C(N)N=C3N=C2)cc1)C(=O)O. The van der Waals surface area contributed by atoms with Crippen LogP contribution in [-0.2, 0) is 19.1 Å². The Bertz CT molecular complexity index is 1190. The first-order chi connectivity index (χ1) is 18.1. The van der Waals surface area contributed by atoms with Crippen molar-refractivity contribution in [2.45, 2.75) is 45.3 Å². The largest absolute Gasteiger partial charge is 0.481 e. The maximum atomic E-state index is 12.7. The number of Topliss-reactive ketones (excluding diaryl/α,β-unsaturated/α-hetero) is 1. The van der Waals surface area contributed by atoms with Crippen LogP contribution in [-0.4, -0.2) is 84.2 Å². The molecule has 2 heterocycles. The third kappa shape index (κ3) is 8.40. The van der Waals surface area contributed by atoms with E-state index < -0.39 is 23.8 Å². The van der Waals surface area contributed by atoms with Gasteiger partial charge in [0.2, 0.25) is 11.9 Å². The first-order valence-corrected chi connectivity index (χ1v) is 12.2. The van der Waals surface area contributed by atoms with Crippen LogP contribution in [0.25, 0.3) is 0 Å². The van der Waals surface area contributed by atoms with Gasteiger partial charge in [0, 0.05) is 30.6 Å². The quantitative estimate of drug-likeness (QED) is 0.202. The first-order valence-electron chi connectivity index (χ1n) is 12.2. The summed E-state index contributed by atoms with van der Waals surface area (Å²) in [6.07, 6.45) is 1.38. The maximum Gasteiger partial charge on any atom is 0.306 e. The van der Waals surface area contributed by atoms with Crippen molar-refractivity contribution in [1.29, 1.82) is 0 Å². The summed E-state index contributed by atoms with van der Waals surface area (Å²) in [7, 11) is 0. The Morgan fingerprint density at radius 1 is 1.16 bits per heavy atom. The van der Waals surface area contributed by atoms with Gasteiger partial charge in [-0.2, -0.15) is 9.98 Å². The fraction of sp³-hybridized carbons (Fsp3) is 0.440. The number of carbonyl (C=O) groups is 4. The Balaban J connectivity index is 1.47. The second-order valence-electron chi connectivity index (χ2n) is 8.96. The number of hydrogen-bond acceptors (Lipinski definition) is 10. The summed E-state index contributed by atoms with van der Waals surface area (Å²) < 4.78 is 5.34. The topological polar surface area (TPSA) is 197 Å². The van der Waals surface area contributed by atoms with Crippen molar-refractivity contribution in [3.63, 3.8) is 0 Å². The third-order valence-electron chi connectivity index (χ3n) is 5.63. The molecule has 202 valence electrons. The Kier molecular flexibility index (Phi) is 9.93. The van der Waals surface area contributed by atoms with Crippen LogP contribution in [0.5, 0.6) is 0 Å². The zero-order valence-electron chi connectivity index (χ0n) is 21.2. The number of carbonyl (C=O) groups excluding carboxylic acids is 3. The van der Waals surface area contributed by atoms with E-state index in [-0.39, 0.29) is 55.4 Å². The highest BCUT2D eigenvalue weighted by Crippen LogP contribution is 2.18. The lowest BCUT2D eigenvalue weighted by atomic mass is 9.94. The van der Waals surface area contributed by atoms with Crippen LogP contribution in [0.3, 0.4) is 0 Å². The maximum absolute atomic E-state index is 12.7. The number of carboxylic acid groups (broad SMARTS) is 1. The predicted molar refractivity (Wildman–Crippen MR) is 142 cm³/mol. The normalized spacial score (nSPS) is 17.2. The zero-order chi connectivity index (χ0) is 27.7. The van der Waals surface area contributed by atoms with Crippen LogP contribution in [0.1, 0.15) is 43.5 Å².